The number of para-hydroxylation sites is 1. The number of rotatable bonds is 6. The molecule has 0 unspecified atom stereocenters. The molecule has 4 rings (SSSR count). The van der Waals surface area contributed by atoms with Crippen molar-refractivity contribution >= 4 is 40.5 Å². The van der Waals surface area contributed by atoms with Crippen LogP contribution in [0.3, 0.4) is 0 Å². The first-order chi connectivity index (χ1) is 15.4. The van der Waals surface area contributed by atoms with Gasteiger partial charge >= 0.3 is 0 Å². The van der Waals surface area contributed by atoms with Crippen LogP contribution in [0.25, 0.3) is 0 Å². The minimum atomic E-state index is -0.840. The van der Waals surface area contributed by atoms with E-state index >= 15 is 0 Å². The SMILES string of the molecule is O=C(C[C@H]1C(=O)N(c2ccccc2)C(=S)N1Cc1ccc(F)cc1)Nc1ccc(F)cc1. The van der Waals surface area contributed by atoms with Crippen LogP contribution in [0.2, 0.25) is 0 Å². The predicted molar refractivity (Wildman–Crippen MR) is 122 cm³/mol. The zero-order chi connectivity index (χ0) is 22.7. The second-order valence-electron chi connectivity index (χ2n) is 7.32. The van der Waals surface area contributed by atoms with Gasteiger partial charge in [0, 0.05) is 12.2 Å². The molecule has 1 N–H and O–H groups in total. The van der Waals surface area contributed by atoms with Gasteiger partial charge in [-0.25, -0.2) is 8.78 Å². The first kappa shape index (κ1) is 21.6. The summed E-state index contributed by atoms with van der Waals surface area (Å²) in [5, 5.41) is 2.95. The molecule has 1 atom stereocenters. The Kier molecular flexibility index (Phi) is 6.23. The highest BCUT2D eigenvalue weighted by Gasteiger charge is 2.44. The highest BCUT2D eigenvalue weighted by Crippen LogP contribution is 2.29. The van der Waals surface area contributed by atoms with Gasteiger partial charge in [0.1, 0.15) is 17.7 Å². The Bertz CT molecular complexity index is 1140. The first-order valence-electron chi connectivity index (χ1n) is 9.92. The van der Waals surface area contributed by atoms with Crippen LogP contribution in [0.5, 0.6) is 0 Å². The molecule has 8 heteroatoms. The molecule has 1 saturated heterocycles. The van der Waals surface area contributed by atoms with Crippen LogP contribution in [-0.4, -0.2) is 27.9 Å². The summed E-state index contributed by atoms with van der Waals surface area (Å²) in [6.45, 7) is 0.239. The lowest BCUT2D eigenvalue weighted by Gasteiger charge is -2.24. The second kappa shape index (κ2) is 9.23. The van der Waals surface area contributed by atoms with Crippen molar-refractivity contribution in [3.8, 4) is 0 Å². The molecule has 2 amide bonds. The fourth-order valence-corrected chi connectivity index (χ4v) is 3.92. The van der Waals surface area contributed by atoms with E-state index in [9.17, 15) is 18.4 Å². The van der Waals surface area contributed by atoms with Crippen molar-refractivity contribution < 1.29 is 18.4 Å². The molecule has 1 aliphatic heterocycles. The van der Waals surface area contributed by atoms with Crippen molar-refractivity contribution in [3.63, 3.8) is 0 Å². The molecule has 0 aliphatic carbocycles. The maximum Gasteiger partial charge on any atom is 0.256 e. The molecule has 0 aromatic heterocycles. The number of benzene rings is 3. The summed E-state index contributed by atoms with van der Waals surface area (Å²) in [7, 11) is 0. The van der Waals surface area contributed by atoms with Crippen molar-refractivity contribution in [2.24, 2.45) is 0 Å². The molecule has 1 fully saturated rings. The highest BCUT2D eigenvalue weighted by atomic mass is 32.1. The van der Waals surface area contributed by atoms with Gasteiger partial charge in [-0.05, 0) is 66.3 Å². The molecule has 32 heavy (non-hydrogen) atoms. The lowest BCUT2D eigenvalue weighted by molar-refractivity contribution is -0.124. The Morgan fingerprint density at radius 1 is 0.906 bits per heavy atom. The summed E-state index contributed by atoms with van der Waals surface area (Å²) in [6.07, 6.45) is -0.152. The number of halogens is 2. The average molecular weight is 451 g/mol. The molecule has 1 aliphatic rings. The maximum absolute atomic E-state index is 13.3. The van der Waals surface area contributed by atoms with Crippen molar-refractivity contribution in [1.82, 2.24) is 4.90 Å². The smallest absolute Gasteiger partial charge is 0.256 e. The van der Waals surface area contributed by atoms with Crippen LogP contribution in [0, 0.1) is 11.6 Å². The van der Waals surface area contributed by atoms with E-state index in [1.165, 1.54) is 41.3 Å². The summed E-state index contributed by atoms with van der Waals surface area (Å²) in [4.78, 5) is 29.1. The van der Waals surface area contributed by atoms with Gasteiger partial charge < -0.3 is 10.2 Å². The van der Waals surface area contributed by atoms with Crippen LogP contribution in [0.4, 0.5) is 20.2 Å². The molecule has 0 saturated carbocycles. The van der Waals surface area contributed by atoms with Crippen molar-refractivity contribution in [3.05, 3.63) is 96.1 Å². The van der Waals surface area contributed by atoms with Gasteiger partial charge in [-0.15, -0.1) is 0 Å². The molecule has 3 aromatic carbocycles. The average Bonchev–Trinajstić information content (AvgIpc) is 3.01. The lowest BCUT2D eigenvalue weighted by atomic mass is 10.1. The zero-order valence-corrected chi connectivity index (χ0v) is 17.7. The van der Waals surface area contributed by atoms with E-state index in [1.807, 2.05) is 6.07 Å². The van der Waals surface area contributed by atoms with E-state index < -0.39 is 17.8 Å². The Morgan fingerprint density at radius 2 is 1.50 bits per heavy atom. The fourth-order valence-electron chi connectivity index (χ4n) is 3.54. The molecule has 0 radical (unpaired) electrons. The third-order valence-electron chi connectivity index (χ3n) is 5.11. The number of thiocarbonyl (C=S) groups is 1. The quantitative estimate of drug-likeness (QED) is 0.561. The first-order valence-corrected chi connectivity index (χ1v) is 10.3. The molecule has 1 heterocycles. The van der Waals surface area contributed by atoms with Gasteiger partial charge in [0.15, 0.2) is 5.11 Å². The summed E-state index contributed by atoms with van der Waals surface area (Å²) >= 11 is 5.60. The predicted octanol–water partition coefficient (Wildman–Crippen LogP) is 4.50. The number of nitrogens with zero attached hydrogens (tertiary/aromatic N) is 2. The van der Waals surface area contributed by atoms with Gasteiger partial charge in [0.25, 0.3) is 5.91 Å². The van der Waals surface area contributed by atoms with E-state index in [0.717, 1.165) is 5.56 Å². The van der Waals surface area contributed by atoms with E-state index in [1.54, 1.807) is 41.3 Å². The molecule has 3 aromatic rings. The molecule has 0 bridgehead atoms. The maximum atomic E-state index is 13.3. The topological polar surface area (TPSA) is 52.7 Å². The molecule has 5 nitrogen and oxygen atoms in total. The summed E-state index contributed by atoms with van der Waals surface area (Å²) in [5.41, 5.74) is 1.78. The van der Waals surface area contributed by atoms with E-state index in [4.69, 9.17) is 12.2 Å². The Morgan fingerprint density at radius 3 is 2.12 bits per heavy atom. The van der Waals surface area contributed by atoms with E-state index in [0.29, 0.717) is 11.4 Å². The summed E-state index contributed by atoms with van der Waals surface area (Å²) < 4.78 is 26.5. The standard InChI is InChI=1S/C24H19F2N3O2S/c25-17-8-6-16(7-9-17)15-28-21(14-22(30)27-19-12-10-18(26)11-13-19)23(31)29(24(28)32)20-4-2-1-3-5-20/h1-13,21H,14-15H2,(H,27,30)/t21-/m0/s1. The monoisotopic (exact) mass is 451 g/mol. The van der Waals surface area contributed by atoms with Crippen LogP contribution in [0.1, 0.15) is 12.0 Å². The number of carbonyl (C=O) groups is 2. The molecular weight excluding hydrogens is 432 g/mol. The Balaban J connectivity index is 1.58. The van der Waals surface area contributed by atoms with E-state index in [2.05, 4.69) is 5.32 Å². The van der Waals surface area contributed by atoms with Crippen molar-refractivity contribution in [2.75, 3.05) is 10.2 Å². The minimum absolute atomic E-state index is 0.152. The Hall–Kier alpha value is -3.65. The Labute approximate surface area is 189 Å². The van der Waals surface area contributed by atoms with Crippen molar-refractivity contribution in [1.29, 1.82) is 0 Å². The molecule has 162 valence electrons. The number of amides is 2. The van der Waals surface area contributed by atoms with Gasteiger partial charge in [0.2, 0.25) is 5.91 Å². The van der Waals surface area contributed by atoms with Crippen LogP contribution >= 0.6 is 12.2 Å². The zero-order valence-electron chi connectivity index (χ0n) is 16.9. The van der Waals surface area contributed by atoms with Crippen molar-refractivity contribution in [2.45, 2.75) is 19.0 Å². The number of carbonyl (C=O) groups excluding carboxylic acids is 2. The van der Waals surface area contributed by atoms with Crippen LogP contribution in [-0.2, 0) is 16.1 Å². The minimum Gasteiger partial charge on any atom is -0.332 e. The normalized spacial score (nSPS) is 15.9. The lowest BCUT2D eigenvalue weighted by Crippen LogP contribution is -2.37. The fraction of sp³-hybridized carbons (Fsp3) is 0.125. The number of hydrogen-bond donors (Lipinski definition) is 1. The number of anilines is 2. The van der Waals surface area contributed by atoms with E-state index in [-0.39, 0.29) is 29.8 Å². The van der Waals surface area contributed by atoms with Gasteiger partial charge in [0.05, 0.1) is 12.1 Å². The third kappa shape index (κ3) is 4.65. The summed E-state index contributed by atoms with van der Waals surface area (Å²) in [5.74, 6) is -1.51. The molecular formula is C24H19F2N3O2S. The number of nitrogens with one attached hydrogen (secondary N) is 1. The van der Waals surface area contributed by atoms with Gasteiger partial charge in [-0.2, -0.15) is 0 Å². The second-order valence-corrected chi connectivity index (χ2v) is 7.69. The highest BCUT2D eigenvalue weighted by molar-refractivity contribution is 7.80. The van der Waals surface area contributed by atoms with Gasteiger partial charge in [-0.3, -0.25) is 14.5 Å². The molecule has 0 spiro atoms. The third-order valence-corrected chi connectivity index (χ3v) is 5.52. The van der Waals surface area contributed by atoms with Crippen LogP contribution < -0.4 is 10.2 Å². The van der Waals surface area contributed by atoms with Crippen LogP contribution in [0.15, 0.2) is 78.9 Å². The van der Waals surface area contributed by atoms with Gasteiger partial charge in [-0.1, -0.05) is 30.3 Å². The largest absolute Gasteiger partial charge is 0.332 e. The number of hydrogen-bond acceptors (Lipinski definition) is 3. The summed E-state index contributed by atoms with van der Waals surface area (Å²) in [6, 6.07) is 19.4.